The molecule has 3 heterocycles. The molecule has 2 aliphatic heterocycles. The smallest absolute Gasteiger partial charge is 0.239 e. The predicted octanol–water partition coefficient (Wildman–Crippen LogP) is 0.0693. The summed E-state index contributed by atoms with van der Waals surface area (Å²) in [5, 5.41) is 4.19. The molecule has 3 rings (SSSR count). The SMILES string of the molecule is CC(=O)N1CCN(C(=O)[C@H](C)N2CCC[C@H](Cn3cncn3)C2)CC1. The van der Waals surface area contributed by atoms with Crippen molar-refractivity contribution in [1.82, 2.24) is 29.5 Å². The van der Waals surface area contributed by atoms with Gasteiger partial charge in [0.15, 0.2) is 0 Å². The second-order valence-electron chi connectivity index (χ2n) is 7.13. The summed E-state index contributed by atoms with van der Waals surface area (Å²) in [6.45, 7) is 8.90. The topological polar surface area (TPSA) is 74.6 Å². The molecule has 0 spiro atoms. The van der Waals surface area contributed by atoms with Gasteiger partial charge in [-0.3, -0.25) is 19.2 Å². The molecule has 25 heavy (non-hydrogen) atoms. The highest BCUT2D eigenvalue weighted by molar-refractivity contribution is 5.82. The van der Waals surface area contributed by atoms with E-state index >= 15 is 0 Å². The Morgan fingerprint density at radius 2 is 1.88 bits per heavy atom. The highest BCUT2D eigenvalue weighted by Gasteiger charge is 2.31. The van der Waals surface area contributed by atoms with Crippen LogP contribution in [0.5, 0.6) is 0 Å². The summed E-state index contributed by atoms with van der Waals surface area (Å²) in [5.41, 5.74) is 0. The molecule has 0 aromatic carbocycles. The molecule has 0 N–H and O–H groups in total. The first-order valence-corrected chi connectivity index (χ1v) is 9.15. The summed E-state index contributed by atoms with van der Waals surface area (Å²) in [7, 11) is 0. The normalized spacial score (nSPS) is 23.5. The van der Waals surface area contributed by atoms with Crippen molar-refractivity contribution < 1.29 is 9.59 Å². The largest absolute Gasteiger partial charge is 0.339 e. The van der Waals surface area contributed by atoms with Crippen molar-refractivity contribution in [3.63, 3.8) is 0 Å². The van der Waals surface area contributed by atoms with E-state index in [1.165, 1.54) is 0 Å². The van der Waals surface area contributed by atoms with Crippen molar-refractivity contribution in [3.8, 4) is 0 Å². The van der Waals surface area contributed by atoms with Crippen molar-refractivity contribution in [2.75, 3.05) is 39.3 Å². The van der Waals surface area contributed by atoms with Gasteiger partial charge in [0, 0.05) is 46.2 Å². The lowest BCUT2D eigenvalue weighted by Gasteiger charge is -2.40. The van der Waals surface area contributed by atoms with Crippen molar-refractivity contribution >= 4 is 11.8 Å². The van der Waals surface area contributed by atoms with E-state index in [0.29, 0.717) is 32.1 Å². The van der Waals surface area contributed by atoms with Crippen LogP contribution in [-0.4, -0.2) is 86.6 Å². The maximum absolute atomic E-state index is 12.9. The van der Waals surface area contributed by atoms with Crippen molar-refractivity contribution in [3.05, 3.63) is 12.7 Å². The van der Waals surface area contributed by atoms with Gasteiger partial charge in [0.1, 0.15) is 12.7 Å². The molecule has 0 saturated carbocycles. The van der Waals surface area contributed by atoms with E-state index in [1.807, 2.05) is 21.4 Å². The Balaban J connectivity index is 1.52. The Hall–Kier alpha value is -1.96. The van der Waals surface area contributed by atoms with Crippen molar-refractivity contribution in [1.29, 1.82) is 0 Å². The van der Waals surface area contributed by atoms with Crippen LogP contribution in [0.3, 0.4) is 0 Å². The van der Waals surface area contributed by atoms with E-state index < -0.39 is 0 Å². The summed E-state index contributed by atoms with van der Waals surface area (Å²) in [5.74, 6) is 0.775. The van der Waals surface area contributed by atoms with Gasteiger partial charge in [0.25, 0.3) is 0 Å². The van der Waals surface area contributed by atoms with Gasteiger partial charge >= 0.3 is 0 Å². The maximum Gasteiger partial charge on any atom is 0.239 e. The fraction of sp³-hybridized carbons (Fsp3) is 0.765. The summed E-state index contributed by atoms with van der Waals surface area (Å²) < 4.78 is 1.88. The molecule has 0 radical (unpaired) electrons. The molecule has 0 unspecified atom stereocenters. The second kappa shape index (κ2) is 7.95. The zero-order valence-electron chi connectivity index (χ0n) is 15.2. The second-order valence-corrected chi connectivity index (χ2v) is 7.13. The number of carbonyl (C=O) groups excluding carboxylic acids is 2. The van der Waals surface area contributed by atoms with Crippen molar-refractivity contribution in [2.45, 2.75) is 39.3 Å². The lowest BCUT2D eigenvalue weighted by atomic mass is 9.96. The quantitative estimate of drug-likeness (QED) is 0.770. The number of nitrogens with zero attached hydrogens (tertiary/aromatic N) is 6. The van der Waals surface area contributed by atoms with E-state index in [1.54, 1.807) is 19.6 Å². The third kappa shape index (κ3) is 4.36. The molecular weight excluding hydrogens is 320 g/mol. The highest BCUT2D eigenvalue weighted by Crippen LogP contribution is 2.21. The van der Waals surface area contributed by atoms with Crippen LogP contribution in [0.15, 0.2) is 12.7 Å². The van der Waals surface area contributed by atoms with Crippen LogP contribution < -0.4 is 0 Å². The number of aromatic nitrogens is 3. The lowest BCUT2D eigenvalue weighted by molar-refractivity contribution is -0.142. The molecule has 1 aromatic heterocycles. The number of likely N-dealkylation sites (tertiary alicyclic amines) is 1. The standard InChI is InChI=1S/C17H28N6O2/c1-14(17(25)21-8-6-20(7-9-21)15(2)24)22-5-3-4-16(10-22)11-23-13-18-12-19-23/h12-14,16H,3-11H2,1-2H3/t14-,16-/m0/s1. The van der Waals surface area contributed by atoms with Crippen LogP contribution in [0.1, 0.15) is 26.7 Å². The van der Waals surface area contributed by atoms with E-state index in [9.17, 15) is 9.59 Å². The lowest BCUT2D eigenvalue weighted by Crippen LogP contribution is -2.56. The molecule has 2 aliphatic rings. The number of amides is 2. The Labute approximate surface area is 148 Å². The van der Waals surface area contributed by atoms with Crippen molar-refractivity contribution in [2.24, 2.45) is 5.92 Å². The molecule has 2 fully saturated rings. The maximum atomic E-state index is 12.9. The van der Waals surface area contributed by atoms with Gasteiger partial charge in [-0.05, 0) is 32.2 Å². The molecule has 138 valence electrons. The first-order valence-electron chi connectivity index (χ1n) is 9.15. The van der Waals surface area contributed by atoms with Crippen LogP contribution in [0, 0.1) is 5.92 Å². The molecular formula is C17H28N6O2. The van der Waals surface area contributed by atoms with E-state index in [2.05, 4.69) is 15.0 Å². The van der Waals surface area contributed by atoms with Crippen LogP contribution in [0.2, 0.25) is 0 Å². The van der Waals surface area contributed by atoms with E-state index in [0.717, 1.165) is 32.5 Å². The number of piperidine rings is 1. The molecule has 8 nitrogen and oxygen atoms in total. The highest BCUT2D eigenvalue weighted by atomic mass is 16.2. The fourth-order valence-corrected chi connectivity index (χ4v) is 3.85. The number of hydrogen-bond acceptors (Lipinski definition) is 5. The van der Waals surface area contributed by atoms with Gasteiger partial charge in [0.05, 0.1) is 6.04 Å². The summed E-state index contributed by atoms with van der Waals surface area (Å²) in [6.07, 6.45) is 5.58. The number of piperazine rings is 1. The molecule has 2 amide bonds. The Morgan fingerprint density at radius 1 is 1.16 bits per heavy atom. The number of rotatable bonds is 4. The van der Waals surface area contributed by atoms with Crippen LogP contribution in [0.4, 0.5) is 0 Å². The first-order chi connectivity index (χ1) is 12.0. The zero-order valence-corrected chi connectivity index (χ0v) is 15.2. The average molecular weight is 348 g/mol. The van der Waals surface area contributed by atoms with Crippen LogP contribution in [0.25, 0.3) is 0 Å². The minimum absolute atomic E-state index is 0.0899. The zero-order chi connectivity index (χ0) is 17.8. The van der Waals surface area contributed by atoms with Gasteiger partial charge in [-0.25, -0.2) is 4.98 Å². The molecule has 8 heteroatoms. The van der Waals surface area contributed by atoms with E-state index in [4.69, 9.17) is 0 Å². The molecule has 2 saturated heterocycles. The Kier molecular flexibility index (Phi) is 5.67. The molecule has 1 aromatic rings. The van der Waals surface area contributed by atoms with Gasteiger partial charge in [-0.1, -0.05) is 0 Å². The number of hydrogen-bond donors (Lipinski definition) is 0. The van der Waals surface area contributed by atoms with Crippen LogP contribution >= 0.6 is 0 Å². The van der Waals surface area contributed by atoms with E-state index in [-0.39, 0.29) is 17.9 Å². The van der Waals surface area contributed by atoms with Gasteiger partial charge in [0.2, 0.25) is 11.8 Å². The Bertz CT molecular complexity index is 582. The predicted molar refractivity (Wildman–Crippen MR) is 92.6 cm³/mol. The summed E-state index contributed by atoms with van der Waals surface area (Å²) >= 11 is 0. The summed E-state index contributed by atoms with van der Waals surface area (Å²) in [4.78, 5) is 34.3. The molecule has 0 aliphatic carbocycles. The fourth-order valence-electron chi connectivity index (χ4n) is 3.85. The minimum atomic E-state index is -0.109. The monoisotopic (exact) mass is 348 g/mol. The molecule has 2 atom stereocenters. The third-order valence-electron chi connectivity index (χ3n) is 5.40. The number of carbonyl (C=O) groups is 2. The van der Waals surface area contributed by atoms with Gasteiger partial charge in [-0.2, -0.15) is 5.10 Å². The first kappa shape index (κ1) is 17.8. The van der Waals surface area contributed by atoms with Gasteiger partial charge in [-0.15, -0.1) is 0 Å². The third-order valence-corrected chi connectivity index (χ3v) is 5.40. The van der Waals surface area contributed by atoms with Gasteiger partial charge < -0.3 is 9.80 Å². The average Bonchev–Trinajstić information content (AvgIpc) is 3.13. The summed E-state index contributed by atoms with van der Waals surface area (Å²) in [6, 6.07) is -0.109. The molecule has 0 bridgehead atoms. The van der Waals surface area contributed by atoms with Crippen LogP contribution in [-0.2, 0) is 16.1 Å². The minimum Gasteiger partial charge on any atom is -0.339 e. The Morgan fingerprint density at radius 3 is 2.52 bits per heavy atom.